The molecule has 16 heavy (non-hydrogen) atoms. The third-order valence-electron chi connectivity index (χ3n) is 1.87. The number of aliphatic carboxylic acids is 1. The van der Waals surface area contributed by atoms with Gasteiger partial charge in [0.05, 0.1) is 5.56 Å². The molecule has 0 aliphatic heterocycles. The Hall–Kier alpha value is -2.28. The molecule has 0 heterocycles. The van der Waals surface area contributed by atoms with Crippen molar-refractivity contribution in [2.75, 3.05) is 0 Å². The van der Waals surface area contributed by atoms with Crippen LogP contribution in [-0.2, 0) is 4.79 Å². The molecule has 4 nitrogen and oxygen atoms in total. The van der Waals surface area contributed by atoms with E-state index in [1.54, 1.807) is 19.1 Å². The van der Waals surface area contributed by atoms with Crippen molar-refractivity contribution in [3.8, 4) is 11.8 Å². The maximum Gasteiger partial charge on any atom is 0.336 e. The van der Waals surface area contributed by atoms with Crippen molar-refractivity contribution in [2.24, 2.45) is 0 Å². The highest BCUT2D eigenvalue weighted by atomic mass is 16.4. The summed E-state index contributed by atoms with van der Waals surface area (Å²) < 4.78 is 0. The molecule has 0 aliphatic carbocycles. The Morgan fingerprint density at radius 3 is 2.56 bits per heavy atom. The van der Waals surface area contributed by atoms with Gasteiger partial charge < -0.3 is 10.2 Å². The number of aromatic carboxylic acids is 1. The first kappa shape index (κ1) is 11.8. The average Bonchev–Trinajstić information content (AvgIpc) is 2.19. The summed E-state index contributed by atoms with van der Waals surface area (Å²) in [5.74, 6) is 2.85. The lowest BCUT2D eigenvalue weighted by Gasteiger charge is -2.00. The summed E-state index contributed by atoms with van der Waals surface area (Å²) in [5.41, 5.74) is 1.25. The highest BCUT2D eigenvalue weighted by molar-refractivity contribution is 5.91. The van der Waals surface area contributed by atoms with Gasteiger partial charge in [-0.1, -0.05) is 23.5 Å². The molecule has 1 rings (SSSR count). The van der Waals surface area contributed by atoms with Crippen LogP contribution in [0.3, 0.4) is 0 Å². The molecule has 82 valence electrons. The number of carboxylic acid groups (broad SMARTS) is 2. The van der Waals surface area contributed by atoms with Gasteiger partial charge in [-0.25, -0.2) is 4.79 Å². The first-order chi connectivity index (χ1) is 7.50. The molecule has 0 radical (unpaired) electrons. The number of rotatable bonds is 2. The maximum absolute atomic E-state index is 10.9. The fourth-order valence-electron chi connectivity index (χ4n) is 1.16. The van der Waals surface area contributed by atoms with Crippen molar-refractivity contribution in [3.63, 3.8) is 0 Å². The van der Waals surface area contributed by atoms with Crippen molar-refractivity contribution in [1.29, 1.82) is 0 Å². The van der Waals surface area contributed by atoms with E-state index in [1.807, 2.05) is 0 Å². The van der Waals surface area contributed by atoms with Gasteiger partial charge in [0.15, 0.2) is 0 Å². The van der Waals surface area contributed by atoms with E-state index in [0.717, 1.165) is 5.56 Å². The third kappa shape index (κ3) is 3.14. The SMILES string of the molecule is Cc1ccc(C#CCC(=O)O)c(C(=O)O)c1. The van der Waals surface area contributed by atoms with Crippen LogP contribution in [0, 0.1) is 18.8 Å². The lowest BCUT2D eigenvalue weighted by atomic mass is 10.0. The fraction of sp³-hybridized carbons (Fsp3) is 0.167. The van der Waals surface area contributed by atoms with Gasteiger partial charge in [-0.15, -0.1) is 0 Å². The monoisotopic (exact) mass is 218 g/mol. The zero-order valence-corrected chi connectivity index (χ0v) is 8.65. The lowest BCUT2D eigenvalue weighted by molar-refractivity contribution is -0.135. The minimum absolute atomic E-state index is 0.0953. The van der Waals surface area contributed by atoms with Crippen molar-refractivity contribution >= 4 is 11.9 Å². The Labute approximate surface area is 92.5 Å². The van der Waals surface area contributed by atoms with Crippen LogP contribution in [0.15, 0.2) is 18.2 Å². The molecule has 0 amide bonds. The van der Waals surface area contributed by atoms with Gasteiger partial charge in [-0.2, -0.15) is 0 Å². The molecule has 0 atom stereocenters. The normalized spacial score (nSPS) is 9.06. The summed E-state index contributed by atoms with van der Waals surface area (Å²) in [6.45, 7) is 1.78. The quantitative estimate of drug-likeness (QED) is 0.738. The van der Waals surface area contributed by atoms with E-state index in [0.29, 0.717) is 5.56 Å². The van der Waals surface area contributed by atoms with Crippen LogP contribution in [0.4, 0.5) is 0 Å². The molecule has 1 aromatic rings. The second-order valence-electron chi connectivity index (χ2n) is 3.23. The molecular formula is C12H10O4. The van der Waals surface area contributed by atoms with Gasteiger partial charge in [0, 0.05) is 5.56 Å². The second-order valence-corrected chi connectivity index (χ2v) is 3.23. The fourth-order valence-corrected chi connectivity index (χ4v) is 1.16. The van der Waals surface area contributed by atoms with Crippen molar-refractivity contribution in [1.82, 2.24) is 0 Å². The zero-order chi connectivity index (χ0) is 12.1. The number of benzene rings is 1. The van der Waals surface area contributed by atoms with E-state index in [1.165, 1.54) is 6.07 Å². The number of hydrogen-bond acceptors (Lipinski definition) is 2. The number of carbonyl (C=O) groups is 2. The van der Waals surface area contributed by atoms with Crippen molar-refractivity contribution in [3.05, 3.63) is 34.9 Å². The van der Waals surface area contributed by atoms with Crippen LogP contribution in [0.1, 0.15) is 27.9 Å². The lowest BCUT2D eigenvalue weighted by Crippen LogP contribution is -2.00. The summed E-state index contributed by atoms with van der Waals surface area (Å²) in [5, 5.41) is 17.3. The molecule has 0 unspecified atom stereocenters. The number of hydrogen-bond donors (Lipinski definition) is 2. The standard InChI is InChI=1S/C12H10O4/c1-8-5-6-9(3-2-4-11(13)14)10(7-8)12(15)16/h5-7H,4H2,1H3,(H,13,14)(H,15,16). The molecule has 0 saturated heterocycles. The average molecular weight is 218 g/mol. The Morgan fingerprint density at radius 2 is 2.00 bits per heavy atom. The van der Waals surface area contributed by atoms with Crippen LogP contribution in [0.25, 0.3) is 0 Å². The van der Waals surface area contributed by atoms with E-state index >= 15 is 0 Å². The molecule has 2 N–H and O–H groups in total. The van der Waals surface area contributed by atoms with Crippen LogP contribution < -0.4 is 0 Å². The molecule has 0 aromatic heterocycles. The van der Waals surface area contributed by atoms with Gasteiger partial charge in [0.25, 0.3) is 0 Å². The van der Waals surface area contributed by atoms with Gasteiger partial charge >= 0.3 is 11.9 Å². The Balaban J connectivity index is 3.07. The topological polar surface area (TPSA) is 74.6 Å². The minimum atomic E-state index is -1.07. The minimum Gasteiger partial charge on any atom is -0.481 e. The predicted octanol–water partition coefficient (Wildman–Crippen LogP) is 1.52. The highest BCUT2D eigenvalue weighted by Gasteiger charge is 2.07. The Kier molecular flexibility index (Phi) is 3.67. The molecule has 0 saturated carbocycles. The largest absolute Gasteiger partial charge is 0.481 e. The summed E-state index contributed by atoms with van der Waals surface area (Å²) in [7, 11) is 0. The molecule has 0 fully saturated rings. The van der Waals surface area contributed by atoms with Crippen LogP contribution >= 0.6 is 0 Å². The van der Waals surface area contributed by atoms with Crippen LogP contribution in [-0.4, -0.2) is 22.2 Å². The summed E-state index contributed by atoms with van der Waals surface area (Å²) in [6.07, 6.45) is -0.299. The first-order valence-corrected chi connectivity index (χ1v) is 4.55. The third-order valence-corrected chi connectivity index (χ3v) is 1.87. The summed E-state index contributed by atoms with van der Waals surface area (Å²) >= 11 is 0. The molecule has 0 aliphatic rings. The molecule has 0 bridgehead atoms. The number of aryl methyl sites for hydroxylation is 1. The maximum atomic E-state index is 10.9. The van der Waals surface area contributed by atoms with Gasteiger partial charge in [-0.05, 0) is 19.1 Å². The van der Waals surface area contributed by atoms with E-state index in [-0.39, 0.29) is 12.0 Å². The van der Waals surface area contributed by atoms with Crippen molar-refractivity contribution < 1.29 is 19.8 Å². The highest BCUT2D eigenvalue weighted by Crippen LogP contribution is 2.10. The second kappa shape index (κ2) is 4.99. The number of carboxylic acids is 2. The van der Waals surface area contributed by atoms with Crippen molar-refractivity contribution in [2.45, 2.75) is 13.3 Å². The van der Waals surface area contributed by atoms with Gasteiger partial charge in [0.2, 0.25) is 0 Å². The smallest absolute Gasteiger partial charge is 0.336 e. The Bertz CT molecular complexity index is 491. The molecule has 4 heteroatoms. The van der Waals surface area contributed by atoms with Gasteiger partial charge in [0.1, 0.15) is 6.42 Å². The van der Waals surface area contributed by atoms with Crippen LogP contribution in [0.2, 0.25) is 0 Å². The van der Waals surface area contributed by atoms with E-state index in [2.05, 4.69) is 11.8 Å². The van der Waals surface area contributed by atoms with Gasteiger partial charge in [-0.3, -0.25) is 4.79 Å². The van der Waals surface area contributed by atoms with E-state index in [9.17, 15) is 9.59 Å². The zero-order valence-electron chi connectivity index (χ0n) is 8.65. The first-order valence-electron chi connectivity index (χ1n) is 4.55. The summed E-state index contributed by atoms with van der Waals surface area (Å²) in [6, 6.07) is 4.82. The summed E-state index contributed by atoms with van der Waals surface area (Å²) in [4.78, 5) is 21.1. The van der Waals surface area contributed by atoms with E-state index < -0.39 is 11.9 Å². The van der Waals surface area contributed by atoms with Crippen LogP contribution in [0.5, 0.6) is 0 Å². The molecular weight excluding hydrogens is 208 g/mol. The van der Waals surface area contributed by atoms with E-state index in [4.69, 9.17) is 10.2 Å². The predicted molar refractivity (Wildman–Crippen MR) is 57.3 cm³/mol. The molecule has 0 spiro atoms. The molecule has 1 aromatic carbocycles. The Morgan fingerprint density at radius 1 is 1.31 bits per heavy atom.